The van der Waals surface area contributed by atoms with Gasteiger partial charge in [-0.15, -0.1) is 0 Å². The second-order valence-corrected chi connectivity index (χ2v) is 6.98. The van der Waals surface area contributed by atoms with Crippen molar-refractivity contribution in [3.63, 3.8) is 0 Å². The molecule has 0 N–H and O–H groups in total. The highest BCUT2D eigenvalue weighted by atomic mass is 16.5. The van der Waals surface area contributed by atoms with Gasteiger partial charge in [-0.3, -0.25) is 4.79 Å². The van der Waals surface area contributed by atoms with Crippen LogP contribution in [0.15, 0.2) is 41.1 Å². The maximum absolute atomic E-state index is 13.2. The summed E-state index contributed by atoms with van der Waals surface area (Å²) in [5.74, 6) is 0.218. The van der Waals surface area contributed by atoms with Crippen molar-refractivity contribution in [1.29, 1.82) is 0 Å². The Labute approximate surface area is 160 Å². The molecule has 0 bridgehead atoms. The number of hydrogen-bond acceptors (Lipinski definition) is 4. The van der Waals surface area contributed by atoms with Crippen molar-refractivity contribution in [2.75, 3.05) is 13.7 Å². The highest BCUT2D eigenvalue weighted by Gasteiger charge is 2.40. The molecular weight excluding hydrogens is 342 g/mol. The van der Waals surface area contributed by atoms with Crippen LogP contribution in [0.2, 0.25) is 0 Å². The lowest BCUT2D eigenvalue weighted by Gasteiger charge is -2.32. The van der Waals surface area contributed by atoms with Crippen molar-refractivity contribution >= 4 is 18.0 Å². The van der Waals surface area contributed by atoms with Crippen LogP contribution in [0.4, 0.5) is 0 Å². The van der Waals surface area contributed by atoms with Crippen LogP contribution in [0.3, 0.4) is 0 Å². The summed E-state index contributed by atoms with van der Waals surface area (Å²) >= 11 is 0. The zero-order valence-electron chi connectivity index (χ0n) is 16.3. The Morgan fingerprint density at radius 1 is 1.19 bits per heavy atom. The molecule has 0 unspecified atom stereocenters. The first-order chi connectivity index (χ1) is 13.1. The summed E-state index contributed by atoms with van der Waals surface area (Å²) in [5, 5.41) is 0. The van der Waals surface area contributed by atoms with Gasteiger partial charge in [0.15, 0.2) is 0 Å². The monoisotopic (exact) mass is 369 g/mol. The minimum Gasteiger partial charge on any atom is -0.497 e. The van der Waals surface area contributed by atoms with E-state index < -0.39 is 5.97 Å². The van der Waals surface area contributed by atoms with Crippen LogP contribution in [-0.4, -0.2) is 36.5 Å². The van der Waals surface area contributed by atoms with Crippen molar-refractivity contribution in [1.82, 2.24) is 4.90 Å². The fraction of sp³-hybridized carbons (Fsp3) is 0.455. The van der Waals surface area contributed by atoms with Gasteiger partial charge in [0.1, 0.15) is 5.75 Å². The van der Waals surface area contributed by atoms with Crippen molar-refractivity contribution < 1.29 is 19.1 Å². The van der Waals surface area contributed by atoms with Crippen LogP contribution < -0.4 is 4.74 Å². The Hall–Kier alpha value is -2.56. The van der Waals surface area contributed by atoms with Gasteiger partial charge in [0, 0.05) is 11.7 Å². The number of rotatable bonds is 5. The van der Waals surface area contributed by atoms with E-state index in [1.165, 1.54) is 6.42 Å². The lowest BCUT2D eigenvalue weighted by atomic mass is 9.94. The number of hydrogen-bond donors (Lipinski definition) is 0. The van der Waals surface area contributed by atoms with Crippen molar-refractivity contribution in [2.45, 2.75) is 52.0 Å². The van der Waals surface area contributed by atoms with E-state index in [9.17, 15) is 9.59 Å². The number of carbonyl (C=O) groups is 2. The third-order valence-corrected chi connectivity index (χ3v) is 5.29. The molecule has 3 rings (SSSR count). The van der Waals surface area contributed by atoms with Crippen LogP contribution in [0.1, 0.15) is 51.5 Å². The number of nitrogens with zero attached hydrogens (tertiary/aromatic N) is 1. The summed E-state index contributed by atoms with van der Waals surface area (Å²) in [5.41, 5.74) is 2.37. The molecule has 0 radical (unpaired) electrons. The zero-order valence-corrected chi connectivity index (χ0v) is 16.3. The second-order valence-electron chi connectivity index (χ2n) is 6.98. The van der Waals surface area contributed by atoms with E-state index in [-0.39, 0.29) is 18.6 Å². The van der Waals surface area contributed by atoms with Crippen LogP contribution in [0, 0.1) is 0 Å². The lowest BCUT2D eigenvalue weighted by Crippen LogP contribution is -2.37. The molecule has 5 heteroatoms. The van der Waals surface area contributed by atoms with Gasteiger partial charge >= 0.3 is 5.97 Å². The lowest BCUT2D eigenvalue weighted by molar-refractivity contribution is -0.138. The summed E-state index contributed by atoms with van der Waals surface area (Å²) in [4.78, 5) is 27.7. The smallest absolute Gasteiger partial charge is 0.340 e. The van der Waals surface area contributed by atoms with Gasteiger partial charge in [-0.2, -0.15) is 0 Å². The summed E-state index contributed by atoms with van der Waals surface area (Å²) < 4.78 is 10.4. The number of amides is 1. The number of allylic oxidation sites excluding steroid dienone is 1. The molecule has 1 aromatic rings. The molecule has 0 saturated heterocycles. The summed E-state index contributed by atoms with van der Waals surface area (Å²) in [6.07, 6.45) is 7.19. The van der Waals surface area contributed by atoms with Gasteiger partial charge in [-0.05, 0) is 50.5 Å². The molecule has 1 aliphatic heterocycles. The topological polar surface area (TPSA) is 55.8 Å². The average Bonchev–Trinajstić information content (AvgIpc) is 2.93. The third kappa shape index (κ3) is 3.92. The first-order valence-electron chi connectivity index (χ1n) is 9.64. The predicted molar refractivity (Wildman–Crippen MR) is 104 cm³/mol. The maximum atomic E-state index is 13.2. The van der Waals surface area contributed by atoms with E-state index in [0.717, 1.165) is 37.0 Å². The Morgan fingerprint density at radius 3 is 2.44 bits per heavy atom. The first kappa shape index (κ1) is 19.2. The molecule has 27 heavy (non-hydrogen) atoms. The van der Waals surface area contributed by atoms with E-state index >= 15 is 0 Å². The Bertz CT molecular complexity index is 770. The minimum absolute atomic E-state index is 0.0988. The average molecular weight is 369 g/mol. The molecule has 0 atom stereocenters. The molecular formula is C22H27NO4. The largest absolute Gasteiger partial charge is 0.497 e. The van der Waals surface area contributed by atoms with Crippen LogP contribution >= 0.6 is 0 Å². The van der Waals surface area contributed by atoms with Gasteiger partial charge in [0.2, 0.25) is 0 Å². The molecule has 1 saturated carbocycles. The van der Waals surface area contributed by atoms with Gasteiger partial charge in [0.05, 0.1) is 24.9 Å². The molecule has 5 nitrogen and oxygen atoms in total. The SMILES string of the molecule is CCOC(=O)C1=C(C)N(C2CCCCC2)C(=O)/C1=C\c1ccc(OC)cc1. The molecule has 0 aromatic heterocycles. The second kappa shape index (κ2) is 8.42. The number of methoxy groups -OCH3 is 1. The third-order valence-electron chi connectivity index (χ3n) is 5.29. The normalized spacial score (nSPS) is 19.7. The summed E-state index contributed by atoms with van der Waals surface area (Å²) in [6, 6.07) is 7.59. The molecule has 1 aliphatic carbocycles. The summed E-state index contributed by atoms with van der Waals surface area (Å²) in [7, 11) is 1.61. The van der Waals surface area contributed by atoms with Crippen LogP contribution in [0.5, 0.6) is 5.75 Å². The number of benzene rings is 1. The minimum atomic E-state index is -0.429. The number of carbonyl (C=O) groups excluding carboxylic acids is 2. The Morgan fingerprint density at radius 2 is 1.85 bits per heavy atom. The van der Waals surface area contributed by atoms with Crippen LogP contribution in [0.25, 0.3) is 6.08 Å². The molecule has 1 fully saturated rings. The number of ether oxygens (including phenoxy) is 2. The quantitative estimate of drug-likeness (QED) is 0.579. The van der Waals surface area contributed by atoms with Crippen molar-refractivity contribution in [3.8, 4) is 5.75 Å². The molecule has 1 heterocycles. The van der Waals surface area contributed by atoms with Gasteiger partial charge in [-0.1, -0.05) is 31.4 Å². The standard InChI is InChI=1S/C22H27NO4/c1-4-27-22(25)20-15(2)23(17-8-6-5-7-9-17)21(24)19(20)14-16-10-12-18(26-3)13-11-16/h10-14,17H,4-9H2,1-3H3/b19-14-. The Kier molecular flexibility index (Phi) is 5.99. The zero-order chi connectivity index (χ0) is 19.4. The molecule has 2 aliphatic rings. The molecule has 1 amide bonds. The van der Waals surface area contributed by atoms with E-state index in [2.05, 4.69) is 0 Å². The van der Waals surface area contributed by atoms with Crippen LogP contribution in [-0.2, 0) is 14.3 Å². The highest BCUT2D eigenvalue weighted by molar-refractivity contribution is 6.16. The highest BCUT2D eigenvalue weighted by Crippen LogP contribution is 2.37. The van der Waals surface area contributed by atoms with E-state index in [4.69, 9.17) is 9.47 Å². The fourth-order valence-electron chi connectivity index (χ4n) is 3.94. The Balaban J connectivity index is 2.00. The van der Waals surface area contributed by atoms with Gasteiger partial charge in [-0.25, -0.2) is 4.79 Å². The summed E-state index contributed by atoms with van der Waals surface area (Å²) in [6.45, 7) is 3.91. The predicted octanol–water partition coefficient (Wildman–Crippen LogP) is 4.09. The van der Waals surface area contributed by atoms with Crippen molar-refractivity contribution in [3.05, 3.63) is 46.7 Å². The molecule has 144 valence electrons. The first-order valence-corrected chi connectivity index (χ1v) is 9.64. The molecule has 1 aromatic carbocycles. The van der Waals surface area contributed by atoms with Gasteiger partial charge in [0.25, 0.3) is 5.91 Å². The molecule has 0 spiro atoms. The van der Waals surface area contributed by atoms with Crippen molar-refractivity contribution in [2.24, 2.45) is 0 Å². The van der Waals surface area contributed by atoms with E-state index in [1.807, 2.05) is 36.1 Å². The maximum Gasteiger partial charge on any atom is 0.340 e. The van der Waals surface area contributed by atoms with E-state index in [1.54, 1.807) is 20.1 Å². The van der Waals surface area contributed by atoms with Gasteiger partial charge < -0.3 is 14.4 Å². The number of esters is 1. The van der Waals surface area contributed by atoms with E-state index in [0.29, 0.717) is 16.8 Å². The fourth-order valence-corrected chi connectivity index (χ4v) is 3.94.